The molecule has 0 aromatic heterocycles. The van der Waals surface area contributed by atoms with Gasteiger partial charge in [0.2, 0.25) is 10.0 Å². The number of rotatable bonds is 5. The highest BCUT2D eigenvalue weighted by molar-refractivity contribution is 7.89. The number of hydrogen-bond acceptors (Lipinski definition) is 2. The predicted molar refractivity (Wildman–Crippen MR) is 75.4 cm³/mol. The van der Waals surface area contributed by atoms with Gasteiger partial charge in [-0.25, -0.2) is 12.7 Å². The molecule has 0 spiro atoms. The highest BCUT2D eigenvalue weighted by Gasteiger charge is 2.35. The van der Waals surface area contributed by atoms with Crippen molar-refractivity contribution < 1.29 is 8.42 Å². The molecule has 2 unspecified atom stereocenters. The molecular weight excluding hydrogens is 270 g/mol. The van der Waals surface area contributed by atoms with E-state index in [0.717, 1.165) is 31.8 Å². The fourth-order valence-electron chi connectivity index (χ4n) is 3.33. The quantitative estimate of drug-likeness (QED) is 0.577. The Labute approximate surface area is 116 Å². The molecule has 0 N–H and O–H groups in total. The van der Waals surface area contributed by atoms with Crippen LogP contribution in [0.25, 0.3) is 0 Å². The third kappa shape index (κ3) is 3.61. The van der Waals surface area contributed by atoms with Crippen molar-refractivity contribution in [1.29, 1.82) is 0 Å². The highest BCUT2D eigenvalue weighted by Crippen LogP contribution is 2.36. The molecule has 2 rings (SSSR count). The van der Waals surface area contributed by atoms with Gasteiger partial charge >= 0.3 is 0 Å². The number of sulfonamides is 1. The first-order valence-corrected chi connectivity index (χ1v) is 9.31. The average molecular weight is 294 g/mol. The Morgan fingerprint density at radius 2 is 1.78 bits per heavy atom. The Balaban J connectivity index is 1.89. The van der Waals surface area contributed by atoms with Crippen LogP contribution < -0.4 is 0 Å². The molecule has 0 aromatic carbocycles. The molecule has 2 fully saturated rings. The second kappa shape index (κ2) is 6.58. The van der Waals surface area contributed by atoms with Crippen LogP contribution in [0, 0.1) is 11.8 Å². The van der Waals surface area contributed by atoms with E-state index in [0.29, 0.717) is 18.2 Å². The van der Waals surface area contributed by atoms with Crippen LogP contribution in [0.4, 0.5) is 0 Å². The average Bonchev–Trinajstić information content (AvgIpc) is 2.38. The van der Waals surface area contributed by atoms with Crippen molar-refractivity contribution in [2.45, 2.75) is 44.9 Å². The van der Waals surface area contributed by atoms with Gasteiger partial charge in [0, 0.05) is 19.0 Å². The molecule has 1 saturated heterocycles. The Morgan fingerprint density at radius 3 is 2.50 bits per heavy atom. The zero-order chi connectivity index (χ0) is 13.0. The topological polar surface area (TPSA) is 37.4 Å². The summed E-state index contributed by atoms with van der Waals surface area (Å²) in [7, 11) is -3.03. The third-order valence-electron chi connectivity index (χ3n) is 4.43. The van der Waals surface area contributed by atoms with E-state index in [4.69, 9.17) is 11.6 Å². The van der Waals surface area contributed by atoms with E-state index in [-0.39, 0.29) is 5.75 Å². The first-order chi connectivity index (χ1) is 8.63. The summed E-state index contributed by atoms with van der Waals surface area (Å²) in [5, 5.41) is 0. The Kier molecular flexibility index (Phi) is 5.34. The number of halogens is 1. The van der Waals surface area contributed by atoms with E-state index in [2.05, 4.69) is 0 Å². The van der Waals surface area contributed by atoms with Crippen LogP contribution in [0.1, 0.15) is 44.9 Å². The smallest absolute Gasteiger partial charge is 0.212 e. The van der Waals surface area contributed by atoms with E-state index in [9.17, 15) is 8.42 Å². The van der Waals surface area contributed by atoms with E-state index in [1.807, 2.05) is 0 Å². The highest BCUT2D eigenvalue weighted by atomic mass is 35.5. The van der Waals surface area contributed by atoms with Crippen molar-refractivity contribution in [3.8, 4) is 0 Å². The molecule has 1 saturated carbocycles. The van der Waals surface area contributed by atoms with Gasteiger partial charge in [-0.15, -0.1) is 11.6 Å². The minimum Gasteiger partial charge on any atom is -0.212 e. The minimum absolute atomic E-state index is 0.275. The molecule has 0 radical (unpaired) electrons. The molecule has 3 nitrogen and oxygen atoms in total. The molecule has 2 atom stereocenters. The van der Waals surface area contributed by atoms with E-state index in [1.54, 1.807) is 4.31 Å². The summed E-state index contributed by atoms with van der Waals surface area (Å²) in [5.41, 5.74) is 0. The standard InChI is InChI=1S/C13H24ClNO2S/c14-8-3-4-10-18(16,17)15-9-7-12-5-1-2-6-13(12)11-15/h12-13H,1-11H2. The molecule has 18 heavy (non-hydrogen) atoms. The Hall–Kier alpha value is 0.200. The summed E-state index contributed by atoms with van der Waals surface area (Å²) in [5.74, 6) is 2.24. The normalized spacial score (nSPS) is 30.1. The maximum atomic E-state index is 12.2. The van der Waals surface area contributed by atoms with Crippen molar-refractivity contribution in [3.05, 3.63) is 0 Å². The molecule has 5 heteroatoms. The third-order valence-corrected chi connectivity index (χ3v) is 6.62. The van der Waals surface area contributed by atoms with Crippen LogP contribution in [0.3, 0.4) is 0 Å². The Bertz CT molecular complexity index is 358. The van der Waals surface area contributed by atoms with E-state index < -0.39 is 10.0 Å². The van der Waals surface area contributed by atoms with Crippen LogP contribution in [0.2, 0.25) is 0 Å². The summed E-state index contributed by atoms with van der Waals surface area (Å²) in [4.78, 5) is 0. The van der Waals surface area contributed by atoms with Gasteiger partial charge in [-0.3, -0.25) is 0 Å². The molecule has 0 bridgehead atoms. The van der Waals surface area contributed by atoms with Crippen LogP contribution in [0.5, 0.6) is 0 Å². The van der Waals surface area contributed by atoms with Gasteiger partial charge in [0.05, 0.1) is 5.75 Å². The molecule has 1 aliphatic heterocycles. The molecule has 1 aliphatic carbocycles. The first kappa shape index (κ1) is 14.6. The van der Waals surface area contributed by atoms with Crippen LogP contribution in [-0.2, 0) is 10.0 Å². The lowest BCUT2D eigenvalue weighted by atomic mass is 9.76. The molecule has 0 aromatic rings. The Morgan fingerprint density at radius 1 is 1.06 bits per heavy atom. The fraction of sp³-hybridized carbons (Fsp3) is 1.00. The van der Waals surface area contributed by atoms with Gasteiger partial charge in [0.15, 0.2) is 0 Å². The summed E-state index contributed by atoms with van der Waals surface area (Å²) in [6.07, 6.45) is 7.70. The molecule has 1 heterocycles. The van der Waals surface area contributed by atoms with Gasteiger partial charge in [0.1, 0.15) is 0 Å². The zero-order valence-corrected chi connectivity index (χ0v) is 12.6. The molecular formula is C13H24ClNO2S. The van der Waals surface area contributed by atoms with Gasteiger partial charge in [-0.1, -0.05) is 19.3 Å². The number of piperidine rings is 1. The summed E-state index contributed by atoms with van der Waals surface area (Å²) in [6.45, 7) is 1.51. The van der Waals surface area contributed by atoms with E-state index >= 15 is 0 Å². The number of nitrogens with zero attached hydrogens (tertiary/aromatic N) is 1. The summed E-state index contributed by atoms with van der Waals surface area (Å²) in [6, 6.07) is 0. The van der Waals surface area contributed by atoms with Gasteiger partial charge in [-0.2, -0.15) is 0 Å². The predicted octanol–water partition coefficient (Wildman–Crippen LogP) is 2.85. The summed E-state index contributed by atoms with van der Waals surface area (Å²) < 4.78 is 26.2. The fourth-order valence-corrected chi connectivity index (χ4v) is 5.15. The number of fused-ring (bicyclic) bond motifs is 1. The molecule has 0 amide bonds. The minimum atomic E-state index is -3.03. The lowest BCUT2D eigenvalue weighted by Crippen LogP contribution is -2.45. The number of alkyl halides is 1. The molecule has 106 valence electrons. The van der Waals surface area contributed by atoms with Gasteiger partial charge in [0.25, 0.3) is 0 Å². The number of unbranched alkanes of at least 4 members (excludes halogenated alkanes) is 1. The van der Waals surface area contributed by atoms with Crippen LogP contribution >= 0.6 is 11.6 Å². The number of hydrogen-bond donors (Lipinski definition) is 0. The van der Waals surface area contributed by atoms with Crippen molar-refractivity contribution in [2.24, 2.45) is 11.8 Å². The zero-order valence-electron chi connectivity index (χ0n) is 11.0. The SMILES string of the molecule is O=S(=O)(CCCCCl)N1CCC2CCCCC2C1. The maximum absolute atomic E-state index is 12.2. The first-order valence-electron chi connectivity index (χ1n) is 7.17. The molecule has 2 aliphatic rings. The second-order valence-corrected chi connectivity index (χ2v) is 8.13. The van der Waals surface area contributed by atoms with Crippen molar-refractivity contribution in [2.75, 3.05) is 24.7 Å². The summed E-state index contributed by atoms with van der Waals surface area (Å²) >= 11 is 5.60. The monoisotopic (exact) mass is 293 g/mol. The van der Waals surface area contributed by atoms with Crippen LogP contribution in [0.15, 0.2) is 0 Å². The van der Waals surface area contributed by atoms with Crippen molar-refractivity contribution in [3.63, 3.8) is 0 Å². The van der Waals surface area contributed by atoms with Crippen molar-refractivity contribution in [1.82, 2.24) is 4.31 Å². The van der Waals surface area contributed by atoms with Crippen molar-refractivity contribution >= 4 is 21.6 Å². The van der Waals surface area contributed by atoms with Crippen LogP contribution in [-0.4, -0.2) is 37.4 Å². The largest absolute Gasteiger partial charge is 0.214 e. The van der Waals surface area contributed by atoms with Gasteiger partial charge < -0.3 is 0 Å². The lowest BCUT2D eigenvalue weighted by molar-refractivity contribution is 0.136. The maximum Gasteiger partial charge on any atom is 0.214 e. The van der Waals surface area contributed by atoms with E-state index in [1.165, 1.54) is 25.7 Å². The second-order valence-electron chi connectivity index (χ2n) is 5.66. The van der Waals surface area contributed by atoms with Gasteiger partial charge in [-0.05, 0) is 37.5 Å². The lowest BCUT2D eigenvalue weighted by Gasteiger charge is -2.40.